The third-order valence-electron chi connectivity index (χ3n) is 11.6. The molecule has 2 saturated heterocycles. The Kier molecular flexibility index (Phi) is 19.0. The van der Waals surface area contributed by atoms with Crippen LogP contribution in [0.4, 0.5) is 21.0 Å². The number of rotatable bonds is 11. The van der Waals surface area contributed by atoms with Gasteiger partial charge in [0.2, 0.25) is 0 Å². The molecule has 26 heteroatoms. The highest BCUT2D eigenvalue weighted by molar-refractivity contribution is 9.69. The zero-order valence-corrected chi connectivity index (χ0v) is 45.1. The number of nitrogens with two attached hydrogens (primary N) is 2. The Bertz CT molecular complexity index is 2920. The lowest BCUT2D eigenvalue weighted by Crippen LogP contribution is -2.46. The van der Waals surface area contributed by atoms with Crippen LogP contribution >= 0.6 is 47.3 Å². The maximum atomic E-state index is 13.0. The Balaban J connectivity index is 0.000000216. The van der Waals surface area contributed by atoms with Gasteiger partial charge in [0, 0.05) is 87.3 Å². The van der Waals surface area contributed by atoms with Gasteiger partial charge in [0.25, 0.3) is 0 Å². The number of amides is 2. The third-order valence-corrected chi connectivity index (χ3v) is 12.5. The SMILES string of the molecule is BrB(Br)Br.CN(C(=O)n1cnc(-c2ccc(OS(N)(=O)=O)cc2)c1)C1CCN(c2ccc(O)cc2)CC1.COc1ccc(N2CCC(N(C)C(=O)n3cnc(-c4ccc(OS(N)(=O)=O)cc4)c3)CC2)cc1. The van der Waals surface area contributed by atoms with E-state index in [1.54, 1.807) is 72.7 Å². The number of aromatic hydroxyl groups is 1. The highest BCUT2D eigenvalue weighted by Crippen LogP contribution is 2.28. The molecule has 2 aliphatic rings. The summed E-state index contributed by atoms with van der Waals surface area (Å²) in [7, 11) is -2.91. The number of carbonyl (C=O) groups excluding carboxylic acids is 2. The number of halogens is 3. The van der Waals surface area contributed by atoms with Crippen molar-refractivity contribution in [3.63, 3.8) is 0 Å². The first kappa shape index (κ1) is 54.7. The lowest BCUT2D eigenvalue weighted by molar-refractivity contribution is 0.180. The fourth-order valence-electron chi connectivity index (χ4n) is 7.94. The lowest BCUT2D eigenvalue weighted by Gasteiger charge is -2.37. The molecule has 0 saturated carbocycles. The fraction of sp³-hybridized carbons (Fsp3) is 0.289. The lowest BCUT2D eigenvalue weighted by atomic mass is 10.0. The molecule has 2 fully saturated rings. The highest BCUT2D eigenvalue weighted by atomic mass is 79.9. The molecule has 71 heavy (non-hydrogen) atoms. The normalized spacial score (nSPS) is 14.3. The molecular weight excluding hydrogens is 1160 g/mol. The first-order chi connectivity index (χ1) is 33.7. The Labute approximate surface area is 438 Å². The van der Waals surface area contributed by atoms with Crippen molar-refractivity contribution in [1.29, 1.82) is 0 Å². The molecule has 8 rings (SSSR count). The van der Waals surface area contributed by atoms with Gasteiger partial charge < -0.3 is 37.8 Å². The second-order valence-corrected chi connectivity index (χ2v) is 25.0. The molecule has 0 spiro atoms. The van der Waals surface area contributed by atoms with E-state index in [1.165, 1.54) is 46.1 Å². The molecule has 0 radical (unpaired) electrons. The number of carbonyl (C=O) groups is 2. The van der Waals surface area contributed by atoms with Crippen LogP contribution in [-0.4, -0.2) is 126 Å². The highest BCUT2D eigenvalue weighted by Gasteiger charge is 2.28. The molecule has 6 aromatic rings. The maximum absolute atomic E-state index is 13.0. The summed E-state index contributed by atoms with van der Waals surface area (Å²) < 4.78 is 61.8. The monoisotopic (exact) mass is 1200 g/mol. The van der Waals surface area contributed by atoms with Crippen LogP contribution in [0.1, 0.15) is 25.7 Å². The van der Waals surface area contributed by atoms with Crippen LogP contribution in [0.5, 0.6) is 23.0 Å². The Morgan fingerprint density at radius 2 is 0.930 bits per heavy atom. The van der Waals surface area contributed by atoms with E-state index in [2.05, 4.69) is 87.5 Å². The van der Waals surface area contributed by atoms with Gasteiger partial charge in [-0.25, -0.2) is 19.6 Å². The van der Waals surface area contributed by atoms with Crippen molar-refractivity contribution in [2.75, 3.05) is 57.2 Å². The largest absolute Gasteiger partial charge is 0.508 e. The number of phenols is 1. The molecule has 2 aromatic heterocycles. The van der Waals surface area contributed by atoms with Gasteiger partial charge in [0.1, 0.15) is 35.7 Å². The number of methoxy groups -OCH3 is 1. The number of benzene rings is 4. The van der Waals surface area contributed by atoms with Gasteiger partial charge >= 0.3 is 35.9 Å². The Hall–Kier alpha value is -5.64. The second kappa shape index (κ2) is 24.7. The van der Waals surface area contributed by atoms with Gasteiger partial charge in [-0.05, 0) is 123 Å². The van der Waals surface area contributed by atoms with E-state index < -0.39 is 20.6 Å². The minimum Gasteiger partial charge on any atom is -0.508 e. The third kappa shape index (κ3) is 16.2. The minimum atomic E-state index is -4.09. The van der Waals surface area contributed by atoms with Gasteiger partial charge in [0.05, 0.1) is 18.5 Å². The molecule has 5 N–H and O–H groups in total. The molecule has 0 atom stereocenters. The summed E-state index contributed by atoms with van der Waals surface area (Å²) in [6.45, 7) is 3.35. The van der Waals surface area contributed by atoms with Crippen LogP contribution in [0.15, 0.2) is 122 Å². The molecular formula is C45H52BBr3N10O10S2. The van der Waals surface area contributed by atoms with Gasteiger partial charge in [-0.2, -0.15) is 27.1 Å². The van der Waals surface area contributed by atoms with E-state index in [9.17, 15) is 31.5 Å². The fourth-order valence-corrected chi connectivity index (χ4v) is 8.70. The van der Waals surface area contributed by atoms with Gasteiger partial charge in [-0.3, -0.25) is 9.13 Å². The van der Waals surface area contributed by atoms with Crippen molar-refractivity contribution in [3.05, 3.63) is 122 Å². The molecule has 378 valence electrons. The average Bonchev–Trinajstić information content (AvgIpc) is 4.05. The zero-order valence-electron chi connectivity index (χ0n) is 38.7. The Morgan fingerprint density at radius 1 is 0.606 bits per heavy atom. The van der Waals surface area contributed by atoms with Crippen molar-refractivity contribution in [3.8, 4) is 45.5 Å². The minimum absolute atomic E-state index is 0.0927. The summed E-state index contributed by atoms with van der Waals surface area (Å²) >= 11 is 9.31. The average molecular weight is 1210 g/mol. The molecule has 0 bridgehead atoms. The van der Waals surface area contributed by atoms with Crippen molar-refractivity contribution in [2.45, 2.75) is 37.8 Å². The number of aromatic nitrogens is 4. The van der Waals surface area contributed by atoms with Gasteiger partial charge in [-0.1, -0.05) is 0 Å². The molecule has 0 unspecified atom stereocenters. The van der Waals surface area contributed by atoms with Crippen LogP contribution in [0, 0.1) is 0 Å². The second-order valence-electron chi connectivity index (χ2n) is 16.2. The summed E-state index contributed by atoms with van der Waals surface area (Å²) in [6.07, 6.45) is 9.62. The predicted octanol–water partition coefficient (Wildman–Crippen LogP) is 7.27. The number of phenolic OH excluding ortho intramolecular Hbond substituents is 1. The van der Waals surface area contributed by atoms with E-state index in [-0.39, 0.29) is 44.6 Å². The first-order valence-corrected chi connectivity index (χ1v) is 27.5. The van der Waals surface area contributed by atoms with E-state index >= 15 is 0 Å². The van der Waals surface area contributed by atoms with Crippen LogP contribution < -0.4 is 33.2 Å². The number of ether oxygens (including phenoxy) is 1. The van der Waals surface area contributed by atoms with E-state index in [0.717, 1.165) is 69.0 Å². The summed E-state index contributed by atoms with van der Waals surface area (Å²) in [6, 6.07) is 27.5. The standard InChI is InChI=1S/C23H27N5O5S.C22H25N5O5S.BBr3/c1-26(18-11-13-27(14-12-18)19-5-9-20(32-2)10-6-19)23(29)28-15-22(25-16-28)17-3-7-21(8-4-17)33-34(24,30)31;1-25(17-10-12-26(13-11-17)18-4-6-19(28)7-5-18)22(29)27-14-21(24-15-27)16-2-8-20(9-3-16)32-33(23,30)31;2-1(3)4/h3-10,15-16,18H,11-14H2,1-2H3,(H2,24,30,31);2-9,14-15,17,28H,10-13H2,1H3,(H2,23,30,31);. The summed E-state index contributed by atoms with van der Waals surface area (Å²) in [5.41, 5.74) is 4.77. The van der Waals surface area contributed by atoms with Crippen LogP contribution in [0.3, 0.4) is 0 Å². The molecule has 20 nitrogen and oxygen atoms in total. The van der Waals surface area contributed by atoms with Crippen molar-refractivity contribution >= 4 is 94.5 Å². The number of piperidine rings is 2. The van der Waals surface area contributed by atoms with E-state index in [1.807, 2.05) is 31.3 Å². The predicted molar refractivity (Wildman–Crippen MR) is 284 cm³/mol. The number of nitrogens with zero attached hydrogens (tertiary/aromatic N) is 8. The van der Waals surface area contributed by atoms with Crippen molar-refractivity contribution in [2.24, 2.45) is 10.3 Å². The van der Waals surface area contributed by atoms with Crippen LogP contribution in [0.25, 0.3) is 22.5 Å². The van der Waals surface area contributed by atoms with Gasteiger partial charge in [0.15, 0.2) is 0 Å². The molecule has 2 aliphatic heterocycles. The topological polar surface area (TPSA) is 251 Å². The maximum Gasteiger partial charge on any atom is 0.380 e. The quantitative estimate of drug-likeness (QED) is 0.108. The number of hydrogen-bond acceptors (Lipinski definition) is 14. The number of hydrogen-bond donors (Lipinski definition) is 3. The van der Waals surface area contributed by atoms with Crippen LogP contribution in [-0.2, 0) is 20.6 Å². The summed E-state index contributed by atoms with van der Waals surface area (Å²) in [4.78, 5) is 42.7. The molecule has 4 aromatic carbocycles. The number of anilines is 2. The van der Waals surface area contributed by atoms with Crippen molar-refractivity contribution < 1.29 is 44.6 Å². The zero-order chi connectivity index (χ0) is 51.5. The number of imidazole rings is 2. The van der Waals surface area contributed by atoms with E-state index in [4.69, 9.17) is 15.0 Å². The smallest absolute Gasteiger partial charge is 0.380 e. The van der Waals surface area contributed by atoms with Crippen molar-refractivity contribution in [1.82, 2.24) is 28.9 Å². The van der Waals surface area contributed by atoms with Crippen LogP contribution in [0.2, 0.25) is 0 Å². The van der Waals surface area contributed by atoms with Gasteiger partial charge in [-0.15, -0.1) is 47.3 Å². The Morgan fingerprint density at radius 3 is 1.25 bits per heavy atom. The molecule has 0 aliphatic carbocycles. The molecule has 2 amide bonds. The molecule has 4 heterocycles. The summed E-state index contributed by atoms with van der Waals surface area (Å²) in [5.74, 6) is 1.26. The summed E-state index contributed by atoms with van der Waals surface area (Å²) in [5, 5.41) is 19.2. The first-order valence-electron chi connectivity index (χ1n) is 21.8. The van der Waals surface area contributed by atoms with E-state index in [0.29, 0.717) is 22.5 Å².